The normalized spacial score (nSPS) is 11.1. The molecule has 3 N–H and O–H groups in total. The van der Waals surface area contributed by atoms with E-state index >= 15 is 0 Å². The number of fused-ring (bicyclic) bond motifs is 1. The van der Waals surface area contributed by atoms with Gasteiger partial charge in [-0.1, -0.05) is 36.4 Å². The number of benzene rings is 2. The molecule has 4 aromatic rings. The third-order valence-corrected chi connectivity index (χ3v) is 4.96. The lowest BCUT2D eigenvalue weighted by atomic mass is 10.0. The van der Waals surface area contributed by atoms with Crippen LogP contribution in [-0.4, -0.2) is 25.6 Å². The van der Waals surface area contributed by atoms with Gasteiger partial charge in [0.25, 0.3) is 11.5 Å². The first-order chi connectivity index (χ1) is 14.8. The van der Waals surface area contributed by atoms with Crippen LogP contribution in [0.25, 0.3) is 5.65 Å². The second kappa shape index (κ2) is 8.02. The van der Waals surface area contributed by atoms with E-state index in [-0.39, 0.29) is 41.3 Å². The third kappa shape index (κ3) is 3.89. The van der Waals surface area contributed by atoms with Crippen molar-refractivity contribution in [2.45, 2.75) is 19.9 Å². The molecule has 0 saturated carbocycles. The van der Waals surface area contributed by atoms with Gasteiger partial charge >= 0.3 is 0 Å². The number of aromatic amines is 1. The highest BCUT2D eigenvalue weighted by molar-refractivity contribution is 5.91. The SMILES string of the molecule is Cc1c(O)c(Cc2ccc(F)c(F)c2)c(=O)n2[nH]c(C(=O)NCc3ccccc3)nc12. The minimum atomic E-state index is -1.05. The van der Waals surface area contributed by atoms with Crippen molar-refractivity contribution in [1.29, 1.82) is 0 Å². The lowest BCUT2D eigenvalue weighted by Gasteiger charge is -2.08. The van der Waals surface area contributed by atoms with Gasteiger partial charge in [-0.25, -0.2) is 13.8 Å². The minimum Gasteiger partial charge on any atom is -0.507 e. The van der Waals surface area contributed by atoms with Gasteiger partial charge in [-0.3, -0.25) is 14.7 Å². The largest absolute Gasteiger partial charge is 0.507 e. The predicted molar refractivity (Wildman–Crippen MR) is 109 cm³/mol. The van der Waals surface area contributed by atoms with Crippen LogP contribution >= 0.6 is 0 Å². The molecular weight excluding hydrogens is 406 g/mol. The monoisotopic (exact) mass is 424 g/mol. The number of hydrogen-bond acceptors (Lipinski definition) is 4. The molecule has 2 aromatic heterocycles. The van der Waals surface area contributed by atoms with Crippen LogP contribution in [0.5, 0.6) is 5.75 Å². The molecule has 0 aliphatic carbocycles. The molecule has 0 unspecified atom stereocenters. The van der Waals surface area contributed by atoms with Crippen LogP contribution in [-0.2, 0) is 13.0 Å². The number of rotatable bonds is 5. The van der Waals surface area contributed by atoms with Crippen molar-refractivity contribution in [2.75, 3.05) is 0 Å². The number of nitrogens with zero attached hydrogens (tertiary/aromatic N) is 2. The first-order valence-electron chi connectivity index (χ1n) is 9.44. The van der Waals surface area contributed by atoms with Crippen molar-refractivity contribution in [3.8, 4) is 5.75 Å². The maximum atomic E-state index is 13.5. The number of aryl methyl sites for hydroxylation is 1. The number of H-pyrrole nitrogens is 1. The molecule has 0 spiro atoms. The van der Waals surface area contributed by atoms with Crippen LogP contribution in [0.2, 0.25) is 0 Å². The Hall–Kier alpha value is -4.01. The van der Waals surface area contributed by atoms with Crippen molar-refractivity contribution in [2.24, 2.45) is 0 Å². The Labute approximate surface area is 175 Å². The van der Waals surface area contributed by atoms with E-state index in [0.717, 1.165) is 22.2 Å². The first-order valence-corrected chi connectivity index (χ1v) is 9.44. The lowest BCUT2D eigenvalue weighted by Crippen LogP contribution is -2.25. The number of amides is 1. The Morgan fingerprint density at radius 1 is 1.13 bits per heavy atom. The number of pyridine rings is 1. The Morgan fingerprint density at radius 3 is 2.58 bits per heavy atom. The quantitative estimate of drug-likeness (QED) is 0.459. The third-order valence-electron chi connectivity index (χ3n) is 4.96. The smallest absolute Gasteiger partial charge is 0.288 e. The summed E-state index contributed by atoms with van der Waals surface area (Å²) in [5.74, 6) is -2.98. The van der Waals surface area contributed by atoms with Crippen LogP contribution in [0.4, 0.5) is 8.78 Å². The Morgan fingerprint density at radius 2 is 1.87 bits per heavy atom. The predicted octanol–water partition coefficient (Wildman–Crippen LogP) is 2.84. The van der Waals surface area contributed by atoms with Crippen LogP contribution in [0.3, 0.4) is 0 Å². The lowest BCUT2D eigenvalue weighted by molar-refractivity contribution is 0.0940. The van der Waals surface area contributed by atoms with E-state index in [4.69, 9.17) is 0 Å². The minimum absolute atomic E-state index is 0.0269. The number of carbonyl (C=O) groups is 1. The number of carbonyl (C=O) groups excluding carboxylic acids is 1. The van der Waals surface area contributed by atoms with Gasteiger partial charge in [-0.2, -0.15) is 4.52 Å². The summed E-state index contributed by atoms with van der Waals surface area (Å²) in [6.45, 7) is 1.82. The molecule has 0 aliphatic rings. The molecule has 0 fully saturated rings. The molecule has 0 saturated heterocycles. The zero-order chi connectivity index (χ0) is 22.1. The molecule has 9 heteroatoms. The summed E-state index contributed by atoms with van der Waals surface area (Å²) in [5, 5.41) is 15.9. The number of aromatic nitrogens is 3. The summed E-state index contributed by atoms with van der Waals surface area (Å²) in [6, 6.07) is 12.5. The topological polar surface area (TPSA) is 99.5 Å². The van der Waals surface area contributed by atoms with E-state index in [1.807, 2.05) is 30.3 Å². The highest BCUT2D eigenvalue weighted by Gasteiger charge is 2.21. The maximum Gasteiger partial charge on any atom is 0.288 e. The highest BCUT2D eigenvalue weighted by atomic mass is 19.2. The first kappa shape index (κ1) is 20.3. The fourth-order valence-corrected chi connectivity index (χ4v) is 3.28. The maximum absolute atomic E-state index is 13.5. The van der Waals surface area contributed by atoms with Crippen LogP contribution in [0, 0.1) is 18.6 Å². The molecule has 31 heavy (non-hydrogen) atoms. The van der Waals surface area contributed by atoms with E-state index < -0.39 is 23.1 Å². The van der Waals surface area contributed by atoms with Crippen molar-refractivity contribution in [3.05, 3.63) is 98.6 Å². The van der Waals surface area contributed by atoms with Crippen LogP contribution < -0.4 is 10.9 Å². The average Bonchev–Trinajstić information content (AvgIpc) is 3.23. The molecule has 158 valence electrons. The molecule has 0 aliphatic heterocycles. The van der Waals surface area contributed by atoms with Gasteiger partial charge in [0.05, 0.1) is 5.56 Å². The Kier molecular flexibility index (Phi) is 5.24. The van der Waals surface area contributed by atoms with E-state index in [9.17, 15) is 23.5 Å². The summed E-state index contributed by atoms with van der Waals surface area (Å²) in [5.41, 5.74) is 0.910. The summed E-state index contributed by atoms with van der Waals surface area (Å²) < 4.78 is 27.8. The van der Waals surface area contributed by atoms with Gasteiger partial charge in [0.15, 0.2) is 17.3 Å². The second-order valence-corrected chi connectivity index (χ2v) is 7.08. The summed E-state index contributed by atoms with van der Waals surface area (Å²) in [6.07, 6.45) is -0.125. The molecule has 0 bridgehead atoms. The molecule has 7 nitrogen and oxygen atoms in total. The van der Waals surface area contributed by atoms with Crippen LogP contribution in [0.1, 0.15) is 32.9 Å². The summed E-state index contributed by atoms with van der Waals surface area (Å²) in [4.78, 5) is 29.5. The molecule has 2 heterocycles. The average molecular weight is 424 g/mol. The van der Waals surface area contributed by atoms with Crippen molar-refractivity contribution in [1.82, 2.24) is 19.9 Å². The van der Waals surface area contributed by atoms with E-state index in [1.165, 1.54) is 6.07 Å². The molecular formula is C22H18F2N4O3. The zero-order valence-corrected chi connectivity index (χ0v) is 16.4. The Balaban J connectivity index is 1.66. The van der Waals surface area contributed by atoms with Crippen molar-refractivity contribution in [3.63, 3.8) is 0 Å². The molecule has 0 radical (unpaired) electrons. The highest BCUT2D eigenvalue weighted by Crippen LogP contribution is 2.25. The fraction of sp³-hybridized carbons (Fsp3) is 0.136. The molecule has 4 rings (SSSR count). The number of halogens is 2. The molecule has 0 atom stereocenters. The summed E-state index contributed by atoms with van der Waals surface area (Å²) in [7, 11) is 0. The summed E-state index contributed by atoms with van der Waals surface area (Å²) >= 11 is 0. The number of aromatic hydroxyl groups is 1. The van der Waals surface area contributed by atoms with Gasteiger partial charge in [-0.05, 0) is 30.2 Å². The van der Waals surface area contributed by atoms with Gasteiger partial charge < -0.3 is 10.4 Å². The zero-order valence-electron chi connectivity index (χ0n) is 16.4. The van der Waals surface area contributed by atoms with Crippen molar-refractivity contribution >= 4 is 11.6 Å². The fourth-order valence-electron chi connectivity index (χ4n) is 3.28. The number of nitrogens with one attached hydrogen (secondary N) is 2. The second-order valence-electron chi connectivity index (χ2n) is 7.08. The molecule has 2 aromatic carbocycles. The van der Waals surface area contributed by atoms with Gasteiger partial charge in [0.1, 0.15) is 5.75 Å². The van der Waals surface area contributed by atoms with Crippen molar-refractivity contribution < 1.29 is 18.7 Å². The Bertz CT molecular complexity index is 1350. The van der Waals surface area contributed by atoms with E-state index in [1.54, 1.807) is 6.92 Å². The van der Waals surface area contributed by atoms with E-state index in [2.05, 4.69) is 15.4 Å². The van der Waals surface area contributed by atoms with Gasteiger partial charge in [0.2, 0.25) is 5.82 Å². The molecule has 1 amide bonds. The van der Waals surface area contributed by atoms with Gasteiger partial charge in [-0.15, -0.1) is 0 Å². The standard InChI is InChI=1S/C22H18F2N4O3/c1-12-18(29)15(9-14-7-8-16(23)17(24)10-14)22(31)28-20(12)26-19(27-28)21(30)25-11-13-5-3-2-4-6-13/h2-8,10,29H,9,11H2,1H3,(H,25,30)(H,26,27). The van der Waals surface area contributed by atoms with Gasteiger partial charge in [0, 0.05) is 18.5 Å². The van der Waals surface area contributed by atoms with E-state index in [0.29, 0.717) is 5.56 Å². The van der Waals surface area contributed by atoms with Crippen LogP contribution in [0.15, 0.2) is 53.3 Å². The number of hydrogen-bond donors (Lipinski definition) is 3.